The number of amides is 3. The van der Waals surface area contributed by atoms with Crippen LogP contribution in [-0.2, 0) is 34.0 Å². The van der Waals surface area contributed by atoms with Crippen molar-refractivity contribution in [1.29, 1.82) is 0 Å². The van der Waals surface area contributed by atoms with Gasteiger partial charge in [0.25, 0.3) is 0 Å². The SMILES string of the molecule is CC(C)(C)OC(=O)N1CCC2(CC1)NCC(=O)N2Cc1cccc(CN2CC(=O)N(Cc3ccccc3)C23CCNCC3)c1. The summed E-state index contributed by atoms with van der Waals surface area (Å²) in [7, 11) is 0. The second-order valence-electron chi connectivity index (χ2n) is 13.7. The van der Waals surface area contributed by atoms with Gasteiger partial charge in [0.15, 0.2) is 0 Å². The van der Waals surface area contributed by atoms with E-state index in [0.717, 1.165) is 42.6 Å². The highest BCUT2D eigenvalue weighted by molar-refractivity contribution is 5.82. The summed E-state index contributed by atoms with van der Waals surface area (Å²) >= 11 is 0. The summed E-state index contributed by atoms with van der Waals surface area (Å²) in [6.45, 7) is 10.9. The predicted molar refractivity (Wildman–Crippen MR) is 167 cm³/mol. The number of piperidine rings is 2. The molecule has 2 aromatic rings. The first-order valence-corrected chi connectivity index (χ1v) is 16.0. The van der Waals surface area contributed by atoms with Crippen molar-refractivity contribution in [3.8, 4) is 0 Å². The van der Waals surface area contributed by atoms with Crippen LogP contribution in [0.2, 0.25) is 0 Å². The van der Waals surface area contributed by atoms with Crippen molar-refractivity contribution in [2.75, 3.05) is 39.3 Å². The number of hydrogen-bond acceptors (Lipinski definition) is 7. The second-order valence-corrected chi connectivity index (χ2v) is 13.7. The Bertz CT molecular complexity index is 1360. The molecule has 0 unspecified atom stereocenters. The van der Waals surface area contributed by atoms with Gasteiger partial charge in [-0.1, -0.05) is 54.6 Å². The van der Waals surface area contributed by atoms with Gasteiger partial charge in [0.2, 0.25) is 11.8 Å². The van der Waals surface area contributed by atoms with Crippen molar-refractivity contribution in [3.63, 3.8) is 0 Å². The van der Waals surface area contributed by atoms with Gasteiger partial charge in [-0.05, 0) is 63.4 Å². The lowest BCUT2D eigenvalue weighted by molar-refractivity contribution is -0.133. The van der Waals surface area contributed by atoms with Crippen LogP contribution in [-0.4, -0.2) is 93.7 Å². The molecule has 236 valence electrons. The van der Waals surface area contributed by atoms with E-state index in [4.69, 9.17) is 4.74 Å². The molecule has 4 saturated heterocycles. The number of likely N-dealkylation sites (tertiary alicyclic amines) is 1. The number of hydrogen-bond donors (Lipinski definition) is 2. The number of carbonyl (C=O) groups excluding carboxylic acids is 3. The Kier molecular flexibility index (Phi) is 8.43. The zero-order valence-corrected chi connectivity index (χ0v) is 26.3. The highest BCUT2D eigenvalue weighted by atomic mass is 16.6. The van der Waals surface area contributed by atoms with Crippen LogP contribution < -0.4 is 10.6 Å². The van der Waals surface area contributed by atoms with Gasteiger partial charge in [0.1, 0.15) is 5.60 Å². The zero-order valence-electron chi connectivity index (χ0n) is 26.3. The van der Waals surface area contributed by atoms with Crippen LogP contribution in [0.4, 0.5) is 4.79 Å². The molecule has 2 N–H and O–H groups in total. The van der Waals surface area contributed by atoms with Crippen LogP contribution in [0.3, 0.4) is 0 Å². The Morgan fingerprint density at radius 2 is 1.45 bits per heavy atom. The normalized spacial score (nSPS) is 21.9. The Morgan fingerprint density at radius 3 is 2.14 bits per heavy atom. The first-order valence-electron chi connectivity index (χ1n) is 16.0. The highest BCUT2D eigenvalue weighted by Crippen LogP contribution is 2.38. The lowest BCUT2D eigenvalue weighted by Gasteiger charge is -2.46. The molecule has 0 radical (unpaired) electrons. The molecule has 6 rings (SSSR count). The van der Waals surface area contributed by atoms with Gasteiger partial charge in [0.05, 0.1) is 24.4 Å². The standard InChI is InChI=1S/C34H46N6O4/c1-32(2,3)44-31(43)37-18-14-33(15-19-37)36-21-29(41)39(33)24-28-11-7-10-27(20-28)22-38-25-30(42)40(23-26-8-5-4-6-9-26)34(38)12-16-35-17-13-34/h4-11,20,35-36H,12-19,21-25H2,1-3H3. The number of nitrogens with one attached hydrogen (secondary N) is 2. The maximum atomic E-state index is 13.5. The molecule has 4 aliphatic rings. The largest absolute Gasteiger partial charge is 0.444 e. The van der Waals surface area contributed by atoms with E-state index in [1.54, 1.807) is 4.90 Å². The maximum Gasteiger partial charge on any atom is 0.410 e. The van der Waals surface area contributed by atoms with E-state index in [1.807, 2.05) is 43.9 Å². The monoisotopic (exact) mass is 602 g/mol. The topological polar surface area (TPSA) is 97.5 Å². The van der Waals surface area contributed by atoms with Crippen LogP contribution in [0.15, 0.2) is 54.6 Å². The molecule has 0 aromatic heterocycles. The van der Waals surface area contributed by atoms with E-state index in [0.29, 0.717) is 58.7 Å². The minimum atomic E-state index is -0.541. The summed E-state index contributed by atoms with van der Waals surface area (Å²) in [6, 6.07) is 18.7. The molecule has 0 aliphatic carbocycles. The average Bonchev–Trinajstić information content (AvgIpc) is 3.42. The van der Waals surface area contributed by atoms with Crippen LogP contribution >= 0.6 is 0 Å². The summed E-state index contributed by atoms with van der Waals surface area (Å²) in [4.78, 5) is 47.5. The fraction of sp³-hybridized carbons (Fsp3) is 0.559. The van der Waals surface area contributed by atoms with Gasteiger partial charge in [-0.15, -0.1) is 0 Å². The molecule has 2 spiro atoms. The summed E-state index contributed by atoms with van der Waals surface area (Å²) in [5.41, 5.74) is 2.04. The molecule has 4 fully saturated rings. The number of ether oxygens (including phenoxy) is 1. The number of carbonyl (C=O) groups is 3. The lowest BCUT2D eigenvalue weighted by Crippen LogP contribution is -2.59. The minimum Gasteiger partial charge on any atom is -0.444 e. The molecule has 10 heteroatoms. The molecule has 2 aromatic carbocycles. The second kappa shape index (κ2) is 12.1. The van der Waals surface area contributed by atoms with Crippen molar-refractivity contribution in [2.45, 2.75) is 83.0 Å². The quantitative estimate of drug-likeness (QED) is 0.524. The highest BCUT2D eigenvalue weighted by Gasteiger charge is 2.51. The number of benzene rings is 2. The first-order chi connectivity index (χ1) is 21.1. The van der Waals surface area contributed by atoms with Crippen LogP contribution in [0.25, 0.3) is 0 Å². The molecule has 0 bridgehead atoms. The molecule has 4 heterocycles. The summed E-state index contributed by atoms with van der Waals surface area (Å²) < 4.78 is 5.58. The first kappa shape index (κ1) is 30.6. The molecule has 10 nitrogen and oxygen atoms in total. The Hall–Kier alpha value is -3.47. The zero-order chi connectivity index (χ0) is 31.0. The van der Waals surface area contributed by atoms with Gasteiger partial charge in [-0.25, -0.2) is 4.79 Å². The maximum absolute atomic E-state index is 13.5. The Morgan fingerprint density at radius 1 is 0.818 bits per heavy atom. The van der Waals surface area contributed by atoms with Gasteiger partial charge >= 0.3 is 6.09 Å². The third kappa shape index (κ3) is 6.20. The molecular formula is C34H46N6O4. The number of rotatable bonds is 6. The van der Waals surface area contributed by atoms with E-state index in [9.17, 15) is 14.4 Å². The van der Waals surface area contributed by atoms with Gasteiger partial charge in [0, 0.05) is 45.6 Å². The van der Waals surface area contributed by atoms with Crippen molar-refractivity contribution in [2.24, 2.45) is 0 Å². The van der Waals surface area contributed by atoms with E-state index in [1.165, 1.54) is 0 Å². The number of nitrogens with zero attached hydrogens (tertiary/aromatic N) is 4. The van der Waals surface area contributed by atoms with Gasteiger partial charge in [-0.2, -0.15) is 0 Å². The summed E-state index contributed by atoms with van der Waals surface area (Å²) in [5.74, 6) is 0.261. The van der Waals surface area contributed by atoms with Crippen molar-refractivity contribution >= 4 is 17.9 Å². The molecule has 4 aliphatic heterocycles. The van der Waals surface area contributed by atoms with E-state index < -0.39 is 11.3 Å². The summed E-state index contributed by atoms with van der Waals surface area (Å²) in [5, 5.41) is 6.97. The van der Waals surface area contributed by atoms with E-state index in [-0.39, 0.29) is 23.6 Å². The molecular weight excluding hydrogens is 556 g/mol. The third-order valence-electron chi connectivity index (χ3n) is 9.64. The smallest absolute Gasteiger partial charge is 0.410 e. The van der Waals surface area contributed by atoms with E-state index in [2.05, 4.69) is 56.8 Å². The fourth-order valence-electron chi connectivity index (χ4n) is 7.39. The van der Waals surface area contributed by atoms with Gasteiger partial charge < -0.3 is 24.8 Å². The predicted octanol–water partition coefficient (Wildman–Crippen LogP) is 3.27. The Labute approximate surface area is 260 Å². The molecule has 44 heavy (non-hydrogen) atoms. The van der Waals surface area contributed by atoms with E-state index >= 15 is 0 Å². The lowest BCUT2D eigenvalue weighted by atomic mass is 9.94. The van der Waals surface area contributed by atoms with Crippen molar-refractivity contribution < 1.29 is 19.1 Å². The molecule has 0 saturated carbocycles. The summed E-state index contributed by atoms with van der Waals surface area (Å²) in [6.07, 6.45) is 2.79. The van der Waals surface area contributed by atoms with Gasteiger partial charge in [-0.3, -0.25) is 19.8 Å². The van der Waals surface area contributed by atoms with Crippen molar-refractivity contribution in [3.05, 3.63) is 71.3 Å². The average molecular weight is 603 g/mol. The molecule has 0 atom stereocenters. The molecule has 3 amide bonds. The van der Waals surface area contributed by atoms with Crippen LogP contribution in [0, 0.1) is 0 Å². The minimum absolute atomic E-state index is 0.0801. The fourth-order valence-corrected chi connectivity index (χ4v) is 7.39. The van der Waals surface area contributed by atoms with Crippen LogP contribution in [0.5, 0.6) is 0 Å². The Balaban J connectivity index is 1.15. The third-order valence-corrected chi connectivity index (χ3v) is 9.64. The van der Waals surface area contributed by atoms with Crippen molar-refractivity contribution in [1.82, 2.24) is 30.2 Å². The van der Waals surface area contributed by atoms with Crippen LogP contribution in [0.1, 0.15) is 63.1 Å².